The number of benzene rings is 3. The molecular weight excluding hydrogens is 519 g/mol. The fourth-order valence-corrected chi connectivity index (χ4v) is 5.12. The van der Waals surface area contributed by atoms with E-state index in [1.54, 1.807) is 25.3 Å². The average molecular weight is 546 g/mol. The summed E-state index contributed by atoms with van der Waals surface area (Å²) in [5.74, 6) is 1.60. The molecule has 0 spiro atoms. The van der Waals surface area contributed by atoms with Crippen LogP contribution in [-0.2, 0) is 5.54 Å². The summed E-state index contributed by atoms with van der Waals surface area (Å²) >= 11 is 18.7. The van der Waals surface area contributed by atoms with Crippen LogP contribution in [-0.4, -0.2) is 29.3 Å². The molecule has 0 aliphatic carbocycles. The summed E-state index contributed by atoms with van der Waals surface area (Å²) in [6.07, 6.45) is 0.472. The molecule has 1 aliphatic rings. The lowest BCUT2D eigenvalue weighted by atomic mass is 9.78. The summed E-state index contributed by atoms with van der Waals surface area (Å²) in [7, 11) is 1.59. The van der Waals surface area contributed by atoms with Crippen molar-refractivity contribution in [2.75, 3.05) is 7.11 Å². The first-order valence-electron chi connectivity index (χ1n) is 11.6. The molecule has 0 unspecified atom stereocenters. The van der Waals surface area contributed by atoms with E-state index in [-0.39, 0.29) is 6.10 Å². The van der Waals surface area contributed by atoms with E-state index in [0.29, 0.717) is 39.4 Å². The van der Waals surface area contributed by atoms with E-state index in [1.165, 1.54) is 4.90 Å². The molecule has 8 heteroatoms. The number of carbonyl (C=O) groups is 1. The van der Waals surface area contributed by atoms with Gasteiger partial charge in [-0.2, -0.15) is 0 Å². The number of aliphatic imine (C=N–C) groups is 1. The van der Waals surface area contributed by atoms with Crippen LogP contribution in [0.3, 0.4) is 0 Å². The molecule has 0 fully saturated rings. The number of methoxy groups -OCH3 is 1. The summed E-state index contributed by atoms with van der Waals surface area (Å²) in [6, 6.07) is 19.9. The molecule has 0 saturated carbocycles. The largest absolute Gasteiger partial charge is 0.497 e. The van der Waals surface area contributed by atoms with E-state index in [1.807, 2.05) is 69.3 Å². The van der Waals surface area contributed by atoms with Gasteiger partial charge in [0.15, 0.2) is 0 Å². The van der Waals surface area contributed by atoms with Crippen LogP contribution in [0, 0.1) is 0 Å². The maximum atomic E-state index is 13.1. The highest BCUT2D eigenvalue weighted by Crippen LogP contribution is 2.52. The van der Waals surface area contributed by atoms with Crippen molar-refractivity contribution in [3.63, 3.8) is 0 Å². The maximum absolute atomic E-state index is 13.1. The van der Waals surface area contributed by atoms with Crippen molar-refractivity contribution >= 4 is 46.0 Å². The van der Waals surface area contributed by atoms with E-state index in [4.69, 9.17) is 49.3 Å². The molecule has 1 aliphatic heterocycles. The van der Waals surface area contributed by atoms with E-state index >= 15 is 0 Å². The van der Waals surface area contributed by atoms with Crippen molar-refractivity contribution in [3.05, 3.63) is 93.5 Å². The SMILES string of the molecule is CC[C@@]1(c2ccc(Cl)cc2)N=C(c2ccc(OC)cc2OC(C)C)N(C(=O)Cl)[C@H]1c1ccc(Cl)cc1. The predicted octanol–water partition coefficient (Wildman–Crippen LogP) is 8.26. The molecule has 1 amide bonds. The number of amidine groups is 1. The number of amides is 1. The van der Waals surface area contributed by atoms with Crippen LogP contribution in [0.2, 0.25) is 10.0 Å². The van der Waals surface area contributed by atoms with Gasteiger partial charge in [0.05, 0.1) is 24.8 Å². The zero-order chi connectivity index (χ0) is 26.0. The van der Waals surface area contributed by atoms with Crippen LogP contribution >= 0.6 is 34.8 Å². The number of halogens is 3. The first kappa shape index (κ1) is 26.3. The number of hydrogen-bond donors (Lipinski definition) is 0. The third kappa shape index (κ3) is 4.93. The molecule has 0 radical (unpaired) electrons. The highest BCUT2D eigenvalue weighted by molar-refractivity contribution is 6.64. The van der Waals surface area contributed by atoms with Gasteiger partial charge in [-0.15, -0.1) is 0 Å². The fourth-order valence-electron chi connectivity index (χ4n) is 4.69. The van der Waals surface area contributed by atoms with Crippen LogP contribution in [0.15, 0.2) is 71.7 Å². The number of rotatable bonds is 7. The Balaban J connectivity index is 2.01. The molecule has 36 heavy (non-hydrogen) atoms. The lowest BCUT2D eigenvalue weighted by Crippen LogP contribution is -2.40. The minimum atomic E-state index is -0.840. The number of hydrogen-bond acceptors (Lipinski definition) is 4. The van der Waals surface area contributed by atoms with Crippen LogP contribution in [0.4, 0.5) is 4.79 Å². The van der Waals surface area contributed by atoms with Crippen molar-refractivity contribution in [3.8, 4) is 11.5 Å². The second-order valence-electron chi connectivity index (χ2n) is 8.83. The fraction of sp³-hybridized carbons (Fsp3) is 0.286. The normalized spacial score (nSPS) is 19.4. The van der Waals surface area contributed by atoms with Crippen molar-refractivity contribution in [2.45, 2.75) is 44.9 Å². The third-order valence-electron chi connectivity index (χ3n) is 6.29. The van der Waals surface area contributed by atoms with E-state index in [9.17, 15) is 4.79 Å². The van der Waals surface area contributed by atoms with E-state index < -0.39 is 16.9 Å². The Morgan fingerprint density at radius 1 is 1.03 bits per heavy atom. The van der Waals surface area contributed by atoms with Gasteiger partial charge in [0.25, 0.3) is 0 Å². The smallest absolute Gasteiger partial charge is 0.322 e. The molecule has 0 bridgehead atoms. The van der Waals surface area contributed by atoms with Gasteiger partial charge >= 0.3 is 5.37 Å². The van der Waals surface area contributed by atoms with Gasteiger partial charge in [-0.1, -0.05) is 54.4 Å². The van der Waals surface area contributed by atoms with Gasteiger partial charge in [-0.25, -0.2) is 0 Å². The average Bonchev–Trinajstić information content (AvgIpc) is 3.21. The van der Waals surface area contributed by atoms with Gasteiger partial charge in [0.2, 0.25) is 0 Å². The molecule has 0 N–H and O–H groups in total. The van der Waals surface area contributed by atoms with Crippen LogP contribution in [0.5, 0.6) is 11.5 Å². The maximum Gasteiger partial charge on any atom is 0.322 e. The third-order valence-corrected chi connectivity index (χ3v) is 6.98. The molecule has 5 nitrogen and oxygen atoms in total. The van der Waals surface area contributed by atoms with E-state index in [2.05, 4.69) is 0 Å². The molecule has 1 heterocycles. The predicted molar refractivity (Wildman–Crippen MR) is 146 cm³/mol. The van der Waals surface area contributed by atoms with Crippen molar-refractivity contribution in [1.29, 1.82) is 0 Å². The van der Waals surface area contributed by atoms with Gasteiger partial charge in [0.1, 0.15) is 22.9 Å². The van der Waals surface area contributed by atoms with Crippen molar-refractivity contribution in [1.82, 2.24) is 4.90 Å². The monoisotopic (exact) mass is 544 g/mol. The van der Waals surface area contributed by atoms with Gasteiger partial charge in [-0.3, -0.25) is 14.7 Å². The highest BCUT2D eigenvalue weighted by atomic mass is 35.5. The van der Waals surface area contributed by atoms with Crippen LogP contribution < -0.4 is 9.47 Å². The molecule has 3 aromatic rings. The molecule has 0 saturated heterocycles. The Kier molecular flexibility index (Phi) is 7.84. The van der Waals surface area contributed by atoms with Gasteiger partial charge in [0, 0.05) is 16.1 Å². The molecule has 188 valence electrons. The second-order valence-corrected chi connectivity index (χ2v) is 10.0. The Labute approximate surface area is 226 Å². The number of carbonyl (C=O) groups excluding carboxylic acids is 1. The van der Waals surface area contributed by atoms with Gasteiger partial charge in [-0.05, 0) is 79.4 Å². The van der Waals surface area contributed by atoms with Crippen LogP contribution in [0.25, 0.3) is 0 Å². The second kappa shape index (κ2) is 10.7. The number of ether oxygens (including phenoxy) is 2. The number of nitrogens with zero attached hydrogens (tertiary/aromatic N) is 2. The van der Waals surface area contributed by atoms with Gasteiger partial charge < -0.3 is 9.47 Å². The van der Waals surface area contributed by atoms with E-state index in [0.717, 1.165) is 11.1 Å². The Bertz CT molecular complexity index is 1280. The zero-order valence-corrected chi connectivity index (χ0v) is 22.7. The highest BCUT2D eigenvalue weighted by Gasteiger charge is 2.52. The van der Waals surface area contributed by atoms with Crippen molar-refractivity contribution < 1.29 is 14.3 Å². The van der Waals surface area contributed by atoms with Crippen molar-refractivity contribution in [2.24, 2.45) is 4.99 Å². The first-order valence-corrected chi connectivity index (χ1v) is 12.8. The topological polar surface area (TPSA) is 51.1 Å². The summed E-state index contributed by atoms with van der Waals surface area (Å²) in [5, 5.41) is 0.561. The van der Waals surface area contributed by atoms with Crippen LogP contribution in [0.1, 0.15) is 49.9 Å². The minimum Gasteiger partial charge on any atom is -0.497 e. The molecule has 4 rings (SSSR count). The summed E-state index contributed by atoms with van der Waals surface area (Å²) < 4.78 is 11.6. The Hall–Kier alpha value is -2.73. The quantitative estimate of drug-likeness (QED) is 0.222. The zero-order valence-electron chi connectivity index (χ0n) is 20.5. The lowest BCUT2D eigenvalue weighted by molar-refractivity contribution is 0.210. The Morgan fingerprint density at radius 3 is 2.17 bits per heavy atom. The molecule has 0 aromatic heterocycles. The first-order chi connectivity index (χ1) is 17.2. The molecule has 3 aromatic carbocycles. The Morgan fingerprint density at radius 2 is 1.64 bits per heavy atom. The standard InChI is InChI=1S/C28H27Cl3N2O3/c1-5-28(19-8-12-21(30)13-9-19)25(18-6-10-20(29)11-7-18)33(27(31)34)26(32-28)23-15-14-22(35-4)16-24(23)36-17(2)3/h6-17,25H,5H2,1-4H3/t25-,28-/m0/s1. The lowest BCUT2D eigenvalue weighted by Gasteiger charge is -2.36. The minimum absolute atomic E-state index is 0.114. The molecule has 2 atom stereocenters. The summed E-state index contributed by atoms with van der Waals surface area (Å²) in [4.78, 5) is 19.9. The summed E-state index contributed by atoms with van der Waals surface area (Å²) in [5.41, 5.74) is 1.56. The molecular formula is C28H27Cl3N2O3. The summed E-state index contributed by atoms with van der Waals surface area (Å²) in [6.45, 7) is 5.91.